The van der Waals surface area contributed by atoms with E-state index in [9.17, 15) is 14.4 Å². The van der Waals surface area contributed by atoms with Crippen LogP contribution in [0, 0.1) is 0 Å². The van der Waals surface area contributed by atoms with Gasteiger partial charge in [0, 0.05) is 24.0 Å². The van der Waals surface area contributed by atoms with Gasteiger partial charge in [0.15, 0.2) is 0 Å². The molecule has 0 saturated heterocycles. The van der Waals surface area contributed by atoms with Crippen molar-refractivity contribution in [3.05, 3.63) is 63.8 Å². The number of fused-ring (bicyclic) bond motifs is 1. The average Bonchev–Trinajstić information content (AvgIpc) is 3.23. The van der Waals surface area contributed by atoms with Gasteiger partial charge in [0.25, 0.3) is 11.8 Å². The van der Waals surface area contributed by atoms with E-state index >= 15 is 0 Å². The van der Waals surface area contributed by atoms with Gasteiger partial charge in [-0.15, -0.1) is 0 Å². The van der Waals surface area contributed by atoms with Crippen molar-refractivity contribution < 1.29 is 9.59 Å². The van der Waals surface area contributed by atoms with Gasteiger partial charge < -0.3 is 20.2 Å². The van der Waals surface area contributed by atoms with Gasteiger partial charge in [0.1, 0.15) is 17.0 Å². The molecule has 8 nitrogen and oxygen atoms in total. The molecule has 1 atom stereocenters. The van der Waals surface area contributed by atoms with Crippen molar-refractivity contribution in [2.45, 2.75) is 77.4 Å². The fraction of sp³-hybridized carbons (Fsp3) is 0.462. The molecule has 2 heterocycles. The van der Waals surface area contributed by atoms with Crippen LogP contribution in [0.25, 0.3) is 11.0 Å². The zero-order valence-electron chi connectivity index (χ0n) is 20.3. The van der Waals surface area contributed by atoms with Gasteiger partial charge in [-0.3, -0.25) is 14.4 Å². The Morgan fingerprint density at radius 1 is 1.06 bits per heavy atom. The van der Waals surface area contributed by atoms with E-state index in [4.69, 9.17) is 0 Å². The molecule has 2 amide bonds. The SMILES string of the molecule is C[C@H](NC(=O)c1cn(C2CCCCC2)cc(C(=O)NC(C)(C)C)c1=O)c1nc2ccccc2[nH]1. The summed E-state index contributed by atoms with van der Waals surface area (Å²) >= 11 is 0. The largest absolute Gasteiger partial charge is 0.349 e. The highest BCUT2D eigenvalue weighted by molar-refractivity contribution is 5.99. The molecule has 3 N–H and O–H groups in total. The molecule has 1 fully saturated rings. The van der Waals surface area contributed by atoms with Crippen LogP contribution >= 0.6 is 0 Å². The van der Waals surface area contributed by atoms with Crippen molar-refractivity contribution in [3.8, 4) is 0 Å². The van der Waals surface area contributed by atoms with Crippen LogP contribution in [0.2, 0.25) is 0 Å². The molecule has 1 saturated carbocycles. The maximum Gasteiger partial charge on any atom is 0.257 e. The zero-order chi connectivity index (χ0) is 24.5. The van der Waals surface area contributed by atoms with E-state index in [1.807, 2.05) is 56.5 Å². The van der Waals surface area contributed by atoms with Gasteiger partial charge in [0.2, 0.25) is 5.43 Å². The smallest absolute Gasteiger partial charge is 0.257 e. The Morgan fingerprint density at radius 3 is 2.35 bits per heavy atom. The fourth-order valence-corrected chi connectivity index (χ4v) is 4.44. The number of aromatic amines is 1. The van der Waals surface area contributed by atoms with E-state index in [2.05, 4.69) is 20.6 Å². The first-order valence-electron chi connectivity index (χ1n) is 12.0. The van der Waals surface area contributed by atoms with Gasteiger partial charge in [0.05, 0.1) is 17.1 Å². The predicted octanol–water partition coefficient (Wildman–Crippen LogP) is 4.25. The first kappa shape index (κ1) is 23.7. The Hall–Kier alpha value is -3.42. The second kappa shape index (κ2) is 9.44. The van der Waals surface area contributed by atoms with E-state index < -0.39 is 28.8 Å². The number of nitrogens with one attached hydrogen (secondary N) is 3. The molecule has 2 aromatic heterocycles. The topological polar surface area (TPSA) is 109 Å². The van der Waals surface area contributed by atoms with Crippen LogP contribution in [0.3, 0.4) is 0 Å². The Kier molecular flexibility index (Phi) is 6.59. The summed E-state index contributed by atoms with van der Waals surface area (Å²) in [6, 6.07) is 7.34. The van der Waals surface area contributed by atoms with Crippen molar-refractivity contribution in [2.24, 2.45) is 0 Å². The molecule has 4 rings (SSSR count). The number of rotatable bonds is 5. The minimum Gasteiger partial charge on any atom is -0.349 e. The number of hydrogen-bond acceptors (Lipinski definition) is 4. The minimum absolute atomic E-state index is 0.00969. The first-order valence-corrected chi connectivity index (χ1v) is 12.0. The van der Waals surface area contributed by atoms with E-state index in [0.29, 0.717) is 5.82 Å². The third-order valence-corrected chi connectivity index (χ3v) is 6.19. The van der Waals surface area contributed by atoms with Crippen LogP contribution in [0.15, 0.2) is 41.5 Å². The third kappa shape index (κ3) is 5.21. The molecule has 8 heteroatoms. The molecule has 0 radical (unpaired) electrons. The number of para-hydroxylation sites is 2. The van der Waals surface area contributed by atoms with Crippen LogP contribution in [-0.4, -0.2) is 31.9 Å². The summed E-state index contributed by atoms with van der Waals surface area (Å²) in [6.45, 7) is 7.38. The Morgan fingerprint density at radius 2 is 1.71 bits per heavy atom. The summed E-state index contributed by atoms with van der Waals surface area (Å²) in [5, 5.41) is 5.74. The van der Waals surface area contributed by atoms with Crippen molar-refractivity contribution in [1.29, 1.82) is 0 Å². The molecule has 180 valence electrons. The molecule has 0 spiro atoms. The fourth-order valence-electron chi connectivity index (χ4n) is 4.44. The highest BCUT2D eigenvalue weighted by Crippen LogP contribution is 2.28. The average molecular weight is 464 g/mol. The number of hydrogen-bond donors (Lipinski definition) is 3. The molecule has 1 aliphatic carbocycles. The summed E-state index contributed by atoms with van der Waals surface area (Å²) in [5.41, 5.74) is 0.564. The van der Waals surface area contributed by atoms with Crippen LogP contribution in [0.4, 0.5) is 0 Å². The minimum atomic E-state index is -0.567. The summed E-state index contributed by atoms with van der Waals surface area (Å²) in [6.07, 6.45) is 8.48. The first-order chi connectivity index (χ1) is 16.1. The van der Waals surface area contributed by atoms with Crippen LogP contribution in [0.5, 0.6) is 0 Å². The van der Waals surface area contributed by atoms with Crippen LogP contribution < -0.4 is 16.1 Å². The van der Waals surface area contributed by atoms with Gasteiger partial charge in [-0.1, -0.05) is 31.4 Å². The summed E-state index contributed by atoms with van der Waals surface area (Å²) < 4.78 is 1.89. The standard InChI is InChI=1S/C26H33N5O3/c1-16(23-28-20-12-8-9-13-21(20)29-23)27-24(33)18-14-31(17-10-6-5-7-11-17)15-19(22(18)32)25(34)30-26(2,3)4/h8-9,12-17H,5-7,10-11H2,1-4H3,(H,27,33)(H,28,29)(H,30,34)/t16-/m0/s1. The van der Waals surface area contributed by atoms with E-state index in [1.165, 1.54) is 6.42 Å². The number of amides is 2. The lowest BCUT2D eigenvalue weighted by molar-refractivity contribution is 0.0917. The summed E-state index contributed by atoms with van der Waals surface area (Å²) in [5.74, 6) is -0.390. The molecular formula is C26H33N5O3. The summed E-state index contributed by atoms with van der Waals surface area (Å²) in [4.78, 5) is 47.3. The molecule has 34 heavy (non-hydrogen) atoms. The number of carbonyl (C=O) groups is 2. The molecule has 1 aromatic carbocycles. The van der Waals surface area contributed by atoms with Crippen molar-refractivity contribution in [2.75, 3.05) is 0 Å². The number of pyridine rings is 1. The van der Waals surface area contributed by atoms with Crippen LogP contribution in [0.1, 0.15) is 98.4 Å². The third-order valence-electron chi connectivity index (χ3n) is 6.19. The van der Waals surface area contributed by atoms with Crippen molar-refractivity contribution in [3.63, 3.8) is 0 Å². The Bertz CT molecular complexity index is 1230. The van der Waals surface area contributed by atoms with Crippen molar-refractivity contribution >= 4 is 22.8 Å². The molecule has 0 aliphatic heterocycles. The predicted molar refractivity (Wildman–Crippen MR) is 132 cm³/mol. The quantitative estimate of drug-likeness (QED) is 0.525. The van der Waals surface area contributed by atoms with Crippen LogP contribution in [-0.2, 0) is 0 Å². The Balaban J connectivity index is 1.66. The lowest BCUT2D eigenvalue weighted by atomic mass is 9.95. The highest BCUT2D eigenvalue weighted by Gasteiger charge is 2.26. The maximum absolute atomic E-state index is 13.3. The van der Waals surface area contributed by atoms with Gasteiger partial charge in [-0.2, -0.15) is 0 Å². The van der Waals surface area contributed by atoms with Gasteiger partial charge in [-0.05, 0) is 52.7 Å². The number of H-pyrrole nitrogens is 1. The zero-order valence-corrected chi connectivity index (χ0v) is 20.3. The molecular weight excluding hydrogens is 430 g/mol. The lowest BCUT2D eigenvalue weighted by Crippen LogP contribution is -2.43. The second-order valence-electron chi connectivity index (χ2n) is 10.2. The van der Waals surface area contributed by atoms with Gasteiger partial charge >= 0.3 is 0 Å². The lowest BCUT2D eigenvalue weighted by Gasteiger charge is -2.26. The maximum atomic E-state index is 13.3. The second-order valence-corrected chi connectivity index (χ2v) is 10.2. The van der Waals surface area contributed by atoms with E-state index in [-0.39, 0.29) is 17.2 Å². The number of carbonyl (C=O) groups excluding carboxylic acids is 2. The summed E-state index contributed by atoms with van der Waals surface area (Å²) in [7, 11) is 0. The number of aromatic nitrogens is 3. The number of benzene rings is 1. The highest BCUT2D eigenvalue weighted by atomic mass is 16.2. The van der Waals surface area contributed by atoms with Gasteiger partial charge in [-0.25, -0.2) is 4.98 Å². The van der Waals surface area contributed by atoms with E-state index in [0.717, 1.165) is 36.7 Å². The monoisotopic (exact) mass is 463 g/mol. The number of nitrogens with zero attached hydrogens (tertiary/aromatic N) is 2. The Labute approximate surface area is 199 Å². The molecule has 1 aliphatic rings. The van der Waals surface area contributed by atoms with Crippen molar-refractivity contribution in [1.82, 2.24) is 25.2 Å². The van der Waals surface area contributed by atoms with E-state index in [1.54, 1.807) is 12.4 Å². The number of imidazole rings is 1. The normalized spacial score (nSPS) is 15.8. The molecule has 3 aromatic rings. The molecule has 0 bridgehead atoms. The molecule has 0 unspecified atom stereocenters.